The van der Waals surface area contributed by atoms with E-state index in [-0.39, 0.29) is 17.3 Å². The second-order valence-corrected chi connectivity index (χ2v) is 6.96. The van der Waals surface area contributed by atoms with Gasteiger partial charge in [-0.25, -0.2) is 4.39 Å². The lowest BCUT2D eigenvalue weighted by atomic mass is 9.84. The summed E-state index contributed by atoms with van der Waals surface area (Å²) in [5, 5.41) is 0. The molecule has 4 heteroatoms. The zero-order valence-corrected chi connectivity index (χ0v) is 13.5. The Bertz CT molecular complexity index is 550. The molecule has 0 radical (unpaired) electrons. The molecule has 3 nitrogen and oxygen atoms in total. The minimum absolute atomic E-state index is 0.00517. The van der Waals surface area contributed by atoms with E-state index in [1.165, 1.54) is 6.07 Å². The molecule has 1 aromatic carbocycles. The third kappa shape index (κ3) is 2.89. The number of benzene rings is 1. The van der Waals surface area contributed by atoms with Crippen LogP contribution in [0.15, 0.2) is 24.3 Å². The summed E-state index contributed by atoms with van der Waals surface area (Å²) in [5.74, 6) is -0.00455. The molecule has 2 fully saturated rings. The third-order valence-electron chi connectivity index (χ3n) is 5.37. The van der Waals surface area contributed by atoms with Gasteiger partial charge in [-0.1, -0.05) is 12.1 Å². The molecule has 0 unspecified atom stereocenters. The summed E-state index contributed by atoms with van der Waals surface area (Å²) in [7, 11) is 0. The summed E-state index contributed by atoms with van der Waals surface area (Å²) < 4.78 is 13.4. The molecule has 1 amide bonds. The van der Waals surface area contributed by atoms with Gasteiger partial charge in [0, 0.05) is 37.6 Å². The summed E-state index contributed by atoms with van der Waals surface area (Å²) in [6.07, 6.45) is 3.66. The molecule has 0 saturated carbocycles. The van der Waals surface area contributed by atoms with Crippen molar-refractivity contribution in [3.8, 4) is 0 Å². The average Bonchev–Trinajstić information content (AvgIpc) is 2.77. The molecule has 120 valence electrons. The van der Waals surface area contributed by atoms with Crippen molar-refractivity contribution in [3.63, 3.8) is 0 Å². The van der Waals surface area contributed by atoms with Gasteiger partial charge in [-0.2, -0.15) is 0 Å². The minimum Gasteiger partial charge on any atom is -0.333 e. The molecule has 3 rings (SSSR count). The summed E-state index contributed by atoms with van der Waals surface area (Å²) >= 11 is 0. The van der Waals surface area contributed by atoms with Crippen molar-refractivity contribution in [2.75, 3.05) is 13.1 Å². The van der Waals surface area contributed by atoms with Gasteiger partial charge in [-0.15, -0.1) is 0 Å². The topological polar surface area (TPSA) is 23.6 Å². The fraction of sp³-hybridized carbons (Fsp3) is 0.611. The molecule has 0 N–H and O–H groups in total. The highest BCUT2D eigenvalue weighted by Crippen LogP contribution is 2.40. The molecule has 1 spiro atoms. The molecule has 2 aliphatic heterocycles. The van der Waals surface area contributed by atoms with E-state index in [1.807, 2.05) is 11.0 Å². The highest BCUT2D eigenvalue weighted by molar-refractivity contribution is 5.79. The number of piperidine rings is 1. The molecule has 22 heavy (non-hydrogen) atoms. The van der Waals surface area contributed by atoms with E-state index in [9.17, 15) is 9.18 Å². The second kappa shape index (κ2) is 5.99. The van der Waals surface area contributed by atoms with Gasteiger partial charge in [-0.05, 0) is 50.8 Å². The van der Waals surface area contributed by atoms with Gasteiger partial charge in [0.05, 0.1) is 0 Å². The normalized spacial score (nSPS) is 22.0. The van der Waals surface area contributed by atoms with Crippen molar-refractivity contribution >= 4 is 5.91 Å². The maximum atomic E-state index is 13.4. The number of rotatable bonds is 3. The van der Waals surface area contributed by atoms with Crippen LogP contribution in [0.25, 0.3) is 0 Å². The predicted molar refractivity (Wildman–Crippen MR) is 84.9 cm³/mol. The van der Waals surface area contributed by atoms with E-state index in [4.69, 9.17) is 0 Å². The number of hydrogen-bond acceptors (Lipinski definition) is 2. The van der Waals surface area contributed by atoms with Crippen molar-refractivity contribution < 1.29 is 9.18 Å². The molecule has 2 saturated heterocycles. The van der Waals surface area contributed by atoms with Crippen LogP contribution in [-0.4, -0.2) is 40.4 Å². The van der Waals surface area contributed by atoms with Crippen LogP contribution in [-0.2, 0) is 11.3 Å². The molecule has 0 bridgehead atoms. The van der Waals surface area contributed by atoms with Gasteiger partial charge < -0.3 is 9.80 Å². The summed E-state index contributed by atoms with van der Waals surface area (Å²) in [6, 6.07) is 7.19. The van der Waals surface area contributed by atoms with Crippen LogP contribution in [0.1, 0.15) is 45.1 Å². The van der Waals surface area contributed by atoms with Crippen molar-refractivity contribution in [2.45, 2.75) is 57.7 Å². The fourth-order valence-electron chi connectivity index (χ4n) is 3.92. The molecular weight excluding hydrogens is 279 g/mol. The highest BCUT2D eigenvalue weighted by atomic mass is 19.1. The Morgan fingerprint density at radius 1 is 1.23 bits per heavy atom. The largest absolute Gasteiger partial charge is 0.333 e. The number of amides is 1. The summed E-state index contributed by atoms with van der Waals surface area (Å²) in [6.45, 7) is 7.08. The Morgan fingerprint density at radius 3 is 2.59 bits per heavy atom. The fourth-order valence-corrected chi connectivity index (χ4v) is 3.92. The molecule has 1 aromatic rings. The lowest BCUT2D eigenvalue weighted by molar-refractivity contribution is -0.133. The Morgan fingerprint density at radius 2 is 1.95 bits per heavy atom. The second-order valence-electron chi connectivity index (χ2n) is 6.96. The first-order valence-corrected chi connectivity index (χ1v) is 8.29. The number of likely N-dealkylation sites (tertiary alicyclic amines) is 2. The van der Waals surface area contributed by atoms with E-state index in [1.54, 1.807) is 12.1 Å². The van der Waals surface area contributed by atoms with E-state index >= 15 is 0 Å². The third-order valence-corrected chi connectivity index (χ3v) is 5.37. The zero-order valence-electron chi connectivity index (χ0n) is 13.5. The van der Waals surface area contributed by atoms with Crippen LogP contribution < -0.4 is 0 Å². The summed E-state index contributed by atoms with van der Waals surface area (Å²) in [5.41, 5.74) is 0.885. The van der Waals surface area contributed by atoms with Gasteiger partial charge in [0.25, 0.3) is 0 Å². The number of hydrogen-bond donors (Lipinski definition) is 0. The highest BCUT2D eigenvalue weighted by Gasteiger charge is 2.46. The lowest BCUT2D eigenvalue weighted by Gasteiger charge is -2.46. The van der Waals surface area contributed by atoms with Gasteiger partial charge in [0.15, 0.2) is 0 Å². The Kier molecular flexibility index (Phi) is 4.22. The molecule has 2 heterocycles. The smallest absolute Gasteiger partial charge is 0.223 e. The molecule has 0 aromatic heterocycles. The quantitative estimate of drug-likeness (QED) is 0.856. The SMILES string of the molecule is CC(C)N1CCC2(CCC(=O)N2Cc2cccc(F)c2)CC1. The van der Waals surface area contributed by atoms with Crippen molar-refractivity contribution in [2.24, 2.45) is 0 Å². The van der Waals surface area contributed by atoms with Crippen LogP contribution in [0, 0.1) is 5.82 Å². The number of halogens is 1. The number of carbonyl (C=O) groups is 1. The van der Waals surface area contributed by atoms with Crippen LogP contribution in [0.4, 0.5) is 4.39 Å². The first-order chi connectivity index (χ1) is 10.5. The Labute approximate surface area is 132 Å². The van der Waals surface area contributed by atoms with E-state index in [0.29, 0.717) is 19.0 Å². The Hall–Kier alpha value is -1.42. The number of nitrogens with zero attached hydrogens (tertiary/aromatic N) is 2. The standard InChI is InChI=1S/C18H25FN2O/c1-14(2)20-10-8-18(9-11-20)7-6-17(22)21(18)13-15-4-3-5-16(19)12-15/h3-5,12,14H,6-11,13H2,1-2H3. The first kappa shape index (κ1) is 15.5. The first-order valence-electron chi connectivity index (χ1n) is 8.29. The van der Waals surface area contributed by atoms with Crippen molar-refractivity contribution in [1.29, 1.82) is 0 Å². The van der Waals surface area contributed by atoms with Gasteiger partial charge in [0.2, 0.25) is 5.91 Å². The van der Waals surface area contributed by atoms with Crippen LogP contribution in [0.5, 0.6) is 0 Å². The number of carbonyl (C=O) groups excluding carboxylic acids is 1. The van der Waals surface area contributed by atoms with Gasteiger partial charge >= 0.3 is 0 Å². The zero-order chi connectivity index (χ0) is 15.7. The molecule has 0 atom stereocenters. The average molecular weight is 304 g/mol. The Balaban J connectivity index is 1.75. The van der Waals surface area contributed by atoms with Gasteiger partial charge in [0.1, 0.15) is 5.82 Å². The molecule has 0 aliphatic carbocycles. The summed E-state index contributed by atoms with van der Waals surface area (Å²) in [4.78, 5) is 16.9. The van der Waals surface area contributed by atoms with E-state index in [2.05, 4.69) is 18.7 Å². The predicted octanol–water partition coefficient (Wildman–Crippen LogP) is 3.19. The maximum absolute atomic E-state index is 13.4. The van der Waals surface area contributed by atoms with Crippen molar-refractivity contribution in [3.05, 3.63) is 35.6 Å². The van der Waals surface area contributed by atoms with Crippen LogP contribution >= 0.6 is 0 Å². The van der Waals surface area contributed by atoms with Crippen LogP contribution in [0.2, 0.25) is 0 Å². The van der Waals surface area contributed by atoms with Crippen molar-refractivity contribution in [1.82, 2.24) is 9.80 Å². The molecular formula is C18H25FN2O. The van der Waals surface area contributed by atoms with E-state index < -0.39 is 0 Å². The monoisotopic (exact) mass is 304 g/mol. The lowest BCUT2D eigenvalue weighted by Crippen LogP contribution is -2.53. The maximum Gasteiger partial charge on any atom is 0.223 e. The van der Waals surface area contributed by atoms with Crippen LogP contribution in [0.3, 0.4) is 0 Å². The van der Waals surface area contributed by atoms with Gasteiger partial charge in [-0.3, -0.25) is 4.79 Å². The minimum atomic E-state index is -0.229. The molecule has 2 aliphatic rings. The van der Waals surface area contributed by atoms with E-state index in [0.717, 1.165) is 37.9 Å².